The first-order valence-electron chi connectivity index (χ1n) is 5.59. The van der Waals surface area contributed by atoms with Crippen LogP contribution in [0.5, 0.6) is 0 Å². The largest absolute Gasteiger partial charge is 0.389 e. The number of β-amino-alcohol motifs (C(OH)–C–C–N with tert-alkyl or cyclic N) is 1. The number of aliphatic hydroxyl groups is 2. The Morgan fingerprint density at radius 2 is 2.31 bits per heavy atom. The molecular weight excluding hydrogens is 204 g/mol. The summed E-state index contributed by atoms with van der Waals surface area (Å²) in [6.07, 6.45) is 1.97. The SMILES string of the molecule is C[C@@H](O)c1ccnc(N2CCC(C)(O)C2)c1. The maximum absolute atomic E-state index is 9.89. The molecule has 2 heterocycles. The van der Waals surface area contributed by atoms with Crippen LogP contribution < -0.4 is 4.90 Å². The van der Waals surface area contributed by atoms with Crippen molar-refractivity contribution < 1.29 is 10.2 Å². The van der Waals surface area contributed by atoms with Gasteiger partial charge in [-0.05, 0) is 38.0 Å². The molecule has 88 valence electrons. The van der Waals surface area contributed by atoms with E-state index in [9.17, 15) is 10.2 Å². The Morgan fingerprint density at radius 3 is 2.88 bits per heavy atom. The molecule has 2 atom stereocenters. The number of hydrogen-bond acceptors (Lipinski definition) is 4. The van der Waals surface area contributed by atoms with E-state index in [0.29, 0.717) is 6.54 Å². The van der Waals surface area contributed by atoms with Crippen molar-refractivity contribution in [2.75, 3.05) is 18.0 Å². The Morgan fingerprint density at radius 1 is 1.56 bits per heavy atom. The van der Waals surface area contributed by atoms with E-state index >= 15 is 0 Å². The number of anilines is 1. The third kappa shape index (κ3) is 2.33. The van der Waals surface area contributed by atoms with Crippen LogP contribution >= 0.6 is 0 Å². The summed E-state index contributed by atoms with van der Waals surface area (Å²) in [5, 5.41) is 19.4. The van der Waals surface area contributed by atoms with Crippen LogP contribution in [0.2, 0.25) is 0 Å². The molecule has 1 aromatic heterocycles. The lowest BCUT2D eigenvalue weighted by Crippen LogP contribution is -2.30. The smallest absolute Gasteiger partial charge is 0.128 e. The van der Waals surface area contributed by atoms with Crippen molar-refractivity contribution in [3.05, 3.63) is 23.9 Å². The molecule has 0 aliphatic carbocycles. The Bertz CT molecular complexity index is 377. The second-order valence-corrected chi connectivity index (χ2v) is 4.79. The van der Waals surface area contributed by atoms with E-state index < -0.39 is 11.7 Å². The molecule has 0 amide bonds. The van der Waals surface area contributed by atoms with Crippen molar-refractivity contribution in [3.8, 4) is 0 Å². The van der Waals surface area contributed by atoms with Gasteiger partial charge in [-0.2, -0.15) is 0 Å². The summed E-state index contributed by atoms with van der Waals surface area (Å²) in [6, 6.07) is 3.69. The predicted molar refractivity (Wildman–Crippen MR) is 62.3 cm³/mol. The average molecular weight is 222 g/mol. The highest BCUT2D eigenvalue weighted by Gasteiger charge is 2.31. The molecule has 0 bridgehead atoms. The summed E-state index contributed by atoms with van der Waals surface area (Å²) in [7, 11) is 0. The summed E-state index contributed by atoms with van der Waals surface area (Å²) < 4.78 is 0. The van der Waals surface area contributed by atoms with Crippen LogP contribution in [0.1, 0.15) is 31.9 Å². The van der Waals surface area contributed by atoms with Gasteiger partial charge in [0.05, 0.1) is 11.7 Å². The first-order valence-corrected chi connectivity index (χ1v) is 5.59. The second kappa shape index (κ2) is 4.03. The van der Waals surface area contributed by atoms with E-state index in [1.54, 1.807) is 13.1 Å². The zero-order chi connectivity index (χ0) is 11.8. The van der Waals surface area contributed by atoms with Crippen LogP contribution in [0.4, 0.5) is 5.82 Å². The van der Waals surface area contributed by atoms with Gasteiger partial charge in [0.25, 0.3) is 0 Å². The van der Waals surface area contributed by atoms with Gasteiger partial charge in [0, 0.05) is 19.3 Å². The van der Waals surface area contributed by atoms with Crippen LogP contribution in [0.15, 0.2) is 18.3 Å². The van der Waals surface area contributed by atoms with Crippen molar-refractivity contribution in [1.29, 1.82) is 0 Å². The normalized spacial score (nSPS) is 27.1. The molecule has 16 heavy (non-hydrogen) atoms. The number of nitrogens with zero attached hydrogens (tertiary/aromatic N) is 2. The third-order valence-corrected chi connectivity index (χ3v) is 3.03. The van der Waals surface area contributed by atoms with Crippen LogP contribution in [0.3, 0.4) is 0 Å². The van der Waals surface area contributed by atoms with E-state index in [1.807, 2.05) is 24.0 Å². The molecular formula is C12H18N2O2. The van der Waals surface area contributed by atoms with Crippen molar-refractivity contribution in [2.45, 2.75) is 32.0 Å². The fraction of sp³-hybridized carbons (Fsp3) is 0.583. The van der Waals surface area contributed by atoms with Gasteiger partial charge in [-0.15, -0.1) is 0 Å². The highest BCUT2D eigenvalue weighted by atomic mass is 16.3. The lowest BCUT2D eigenvalue weighted by atomic mass is 10.1. The molecule has 2 N–H and O–H groups in total. The fourth-order valence-corrected chi connectivity index (χ4v) is 2.01. The number of aliphatic hydroxyl groups excluding tert-OH is 1. The Labute approximate surface area is 95.5 Å². The Balaban J connectivity index is 2.19. The van der Waals surface area contributed by atoms with E-state index in [4.69, 9.17) is 0 Å². The monoisotopic (exact) mass is 222 g/mol. The molecule has 4 nitrogen and oxygen atoms in total. The maximum atomic E-state index is 9.89. The molecule has 2 rings (SSSR count). The molecule has 0 spiro atoms. The quantitative estimate of drug-likeness (QED) is 0.786. The topological polar surface area (TPSA) is 56.6 Å². The molecule has 1 fully saturated rings. The van der Waals surface area contributed by atoms with Gasteiger partial charge in [-0.3, -0.25) is 0 Å². The van der Waals surface area contributed by atoms with Crippen molar-refractivity contribution >= 4 is 5.82 Å². The lowest BCUT2D eigenvalue weighted by Gasteiger charge is -2.20. The Hall–Kier alpha value is -1.13. The summed E-state index contributed by atoms with van der Waals surface area (Å²) in [6.45, 7) is 4.98. The lowest BCUT2D eigenvalue weighted by molar-refractivity contribution is 0.0839. The van der Waals surface area contributed by atoms with Crippen LogP contribution in [-0.2, 0) is 0 Å². The van der Waals surface area contributed by atoms with E-state index in [1.165, 1.54) is 0 Å². The molecule has 1 aliphatic rings. The number of aromatic nitrogens is 1. The van der Waals surface area contributed by atoms with Crippen LogP contribution in [-0.4, -0.2) is 33.9 Å². The van der Waals surface area contributed by atoms with Crippen LogP contribution in [0, 0.1) is 0 Å². The highest BCUT2D eigenvalue weighted by Crippen LogP contribution is 2.26. The zero-order valence-corrected chi connectivity index (χ0v) is 9.72. The van der Waals surface area contributed by atoms with Crippen molar-refractivity contribution in [1.82, 2.24) is 4.98 Å². The summed E-state index contributed by atoms with van der Waals surface area (Å²) in [4.78, 5) is 6.32. The fourth-order valence-electron chi connectivity index (χ4n) is 2.01. The van der Waals surface area contributed by atoms with Gasteiger partial charge in [0.2, 0.25) is 0 Å². The minimum Gasteiger partial charge on any atom is -0.389 e. The highest BCUT2D eigenvalue weighted by molar-refractivity contribution is 5.43. The van der Waals surface area contributed by atoms with E-state index in [0.717, 1.165) is 24.3 Å². The molecule has 0 saturated carbocycles. The number of rotatable bonds is 2. The van der Waals surface area contributed by atoms with E-state index in [-0.39, 0.29) is 0 Å². The molecule has 1 aliphatic heterocycles. The first kappa shape index (κ1) is 11.4. The summed E-state index contributed by atoms with van der Waals surface area (Å²) in [5.74, 6) is 0.830. The van der Waals surface area contributed by atoms with Gasteiger partial charge in [0.1, 0.15) is 5.82 Å². The maximum Gasteiger partial charge on any atom is 0.128 e. The first-order chi connectivity index (χ1) is 7.48. The molecule has 0 radical (unpaired) electrons. The molecule has 4 heteroatoms. The van der Waals surface area contributed by atoms with Crippen molar-refractivity contribution in [3.63, 3.8) is 0 Å². The molecule has 1 saturated heterocycles. The standard InChI is InChI=1S/C12H18N2O2/c1-9(15)10-3-5-13-11(7-10)14-6-4-12(2,16)8-14/h3,5,7,9,15-16H,4,6,8H2,1-2H3/t9-,12?/m1/s1. The number of hydrogen-bond donors (Lipinski definition) is 2. The van der Waals surface area contributed by atoms with E-state index in [2.05, 4.69) is 4.98 Å². The van der Waals surface area contributed by atoms with Gasteiger partial charge in [-0.1, -0.05) is 0 Å². The molecule has 1 unspecified atom stereocenters. The van der Waals surface area contributed by atoms with Gasteiger partial charge in [-0.25, -0.2) is 4.98 Å². The van der Waals surface area contributed by atoms with Crippen LogP contribution in [0.25, 0.3) is 0 Å². The number of pyridine rings is 1. The van der Waals surface area contributed by atoms with Gasteiger partial charge < -0.3 is 15.1 Å². The summed E-state index contributed by atoms with van der Waals surface area (Å²) >= 11 is 0. The van der Waals surface area contributed by atoms with Gasteiger partial charge in [0.15, 0.2) is 0 Å². The minimum atomic E-state index is -0.623. The second-order valence-electron chi connectivity index (χ2n) is 4.79. The molecule has 0 aromatic carbocycles. The summed E-state index contributed by atoms with van der Waals surface area (Å²) in [5.41, 5.74) is 0.235. The predicted octanol–water partition coefficient (Wildman–Crippen LogP) is 1.10. The zero-order valence-electron chi connectivity index (χ0n) is 9.72. The van der Waals surface area contributed by atoms with Gasteiger partial charge >= 0.3 is 0 Å². The Kier molecular flexibility index (Phi) is 2.86. The molecule has 1 aromatic rings. The average Bonchev–Trinajstić information content (AvgIpc) is 2.59. The third-order valence-electron chi connectivity index (χ3n) is 3.03. The minimum absolute atomic E-state index is 0.482. The van der Waals surface area contributed by atoms with Crippen molar-refractivity contribution in [2.24, 2.45) is 0 Å².